The summed E-state index contributed by atoms with van der Waals surface area (Å²) in [6.45, 7) is 1.68. The van der Waals surface area contributed by atoms with Crippen molar-refractivity contribution in [3.8, 4) is 0 Å². The van der Waals surface area contributed by atoms with Crippen LogP contribution in [0.4, 0.5) is 0 Å². The molecule has 0 amide bonds. The lowest BCUT2D eigenvalue weighted by Crippen LogP contribution is -1.96. The third-order valence-electron chi connectivity index (χ3n) is 1.90. The predicted octanol–water partition coefficient (Wildman–Crippen LogP) is 1.68. The molecule has 0 bridgehead atoms. The number of aromatic nitrogens is 2. The highest BCUT2D eigenvalue weighted by Gasteiger charge is 2.03. The van der Waals surface area contributed by atoms with E-state index in [1.54, 1.807) is 13.1 Å². The molecule has 13 heavy (non-hydrogen) atoms. The summed E-state index contributed by atoms with van der Waals surface area (Å²) in [5, 5.41) is 9.28. The van der Waals surface area contributed by atoms with Gasteiger partial charge in [-0.05, 0) is 19.1 Å². The molecule has 1 atom stereocenters. The largest absolute Gasteiger partial charge is 0.387 e. The minimum atomic E-state index is -0.558. The first-order chi connectivity index (χ1) is 6.27. The normalized spacial score (nSPS) is 13.1. The van der Waals surface area contributed by atoms with E-state index >= 15 is 0 Å². The zero-order valence-corrected chi connectivity index (χ0v) is 7.31. The molecule has 1 N–H and O–H groups in total. The molecule has 0 radical (unpaired) electrons. The number of hydrogen-bond acceptors (Lipinski definition) is 3. The maximum absolute atomic E-state index is 9.28. The number of para-hydroxylation sites is 2. The molecule has 1 aromatic heterocycles. The lowest BCUT2D eigenvalue weighted by atomic mass is 10.2. The van der Waals surface area contributed by atoms with Gasteiger partial charge in [0.05, 0.1) is 29.0 Å². The van der Waals surface area contributed by atoms with Gasteiger partial charge in [-0.25, -0.2) is 4.98 Å². The Balaban J connectivity index is 2.62. The monoisotopic (exact) mass is 174 g/mol. The second kappa shape index (κ2) is 3.11. The van der Waals surface area contributed by atoms with Gasteiger partial charge in [-0.2, -0.15) is 0 Å². The van der Waals surface area contributed by atoms with Gasteiger partial charge >= 0.3 is 0 Å². The summed E-state index contributed by atoms with van der Waals surface area (Å²) in [6.07, 6.45) is 1.05. The minimum absolute atomic E-state index is 0.558. The lowest BCUT2D eigenvalue weighted by molar-refractivity contribution is 0.194. The summed E-state index contributed by atoms with van der Waals surface area (Å²) in [6, 6.07) is 7.60. The van der Waals surface area contributed by atoms with Crippen LogP contribution in [0.1, 0.15) is 18.7 Å². The van der Waals surface area contributed by atoms with Crippen molar-refractivity contribution in [1.29, 1.82) is 0 Å². The molecular weight excluding hydrogens is 164 g/mol. The Hall–Kier alpha value is -1.48. The summed E-state index contributed by atoms with van der Waals surface area (Å²) in [5.41, 5.74) is 2.28. The number of hydrogen-bond donors (Lipinski definition) is 1. The molecule has 3 nitrogen and oxygen atoms in total. The molecule has 0 saturated carbocycles. The van der Waals surface area contributed by atoms with Crippen molar-refractivity contribution in [3.63, 3.8) is 0 Å². The molecule has 0 spiro atoms. The minimum Gasteiger partial charge on any atom is -0.387 e. The van der Waals surface area contributed by atoms with Crippen molar-refractivity contribution < 1.29 is 5.11 Å². The van der Waals surface area contributed by atoms with Crippen LogP contribution >= 0.6 is 0 Å². The maximum atomic E-state index is 9.28. The molecule has 0 aliphatic heterocycles. The number of fused-ring (bicyclic) bond motifs is 1. The molecule has 2 rings (SSSR count). The first-order valence-corrected chi connectivity index (χ1v) is 4.17. The van der Waals surface area contributed by atoms with Gasteiger partial charge in [0.25, 0.3) is 0 Å². The van der Waals surface area contributed by atoms with Gasteiger partial charge in [0, 0.05) is 0 Å². The molecular formula is C10H10N2O. The fourth-order valence-corrected chi connectivity index (χ4v) is 1.17. The fraction of sp³-hybridized carbons (Fsp3) is 0.200. The highest BCUT2D eigenvalue weighted by molar-refractivity contribution is 5.73. The van der Waals surface area contributed by atoms with Crippen LogP contribution in [0.2, 0.25) is 0 Å². The van der Waals surface area contributed by atoms with E-state index in [0.717, 1.165) is 11.0 Å². The van der Waals surface area contributed by atoms with Gasteiger partial charge in [0.15, 0.2) is 0 Å². The Morgan fingerprint density at radius 3 is 2.62 bits per heavy atom. The predicted molar refractivity (Wildman–Crippen MR) is 50.2 cm³/mol. The van der Waals surface area contributed by atoms with E-state index in [2.05, 4.69) is 9.97 Å². The number of nitrogens with zero attached hydrogens (tertiary/aromatic N) is 2. The molecule has 0 aliphatic rings. The van der Waals surface area contributed by atoms with Crippen LogP contribution in [-0.2, 0) is 0 Å². The maximum Gasteiger partial charge on any atom is 0.0947 e. The standard InChI is InChI=1S/C10H10N2O/c1-7(13)10-6-11-8-4-2-3-5-9(8)12-10/h2-7,13H,1H3/t7-/m1/s1. The second-order valence-electron chi connectivity index (χ2n) is 2.96. The number of rotatable bonds is 1. The highest BCUT2D eigenvalue weighted by atomic mass is 16.3. The molecule has 0 unspecified atom stereocenters. The first-order valence-electron chi connectivity index (χ1n) is 4.17. The van der Waals surface area contributed by atoms with Crippen molar-refractivity contribution >= 4 is 11.0 Å². The van der Waals surface area contributed by atoms with Crippen molar-refractivity contribution in [3.05, 3.63) is 36.2 Å². The van der Waals surface area contributed by atoms with Crippen LogP contribution in [0.15, 0.2) is 30.5 Å². The summed E-state index contributed by atoms with van der Waals surface area (Å²) in [5.74, 6) is 0. The van der Waals surface area contributed by atoms with E-state index in [9.17, 15) is 5.11 Å². The summed E-state index contributed by atoms with van der Waals surface area (Å²) < 4.78 is 0. The van der Waals surface area contributed by atoms with Gasteiger partial charge < -0.3 is 5.11 Å². The van der Waals surface area contributed by atoms with E-state index in [1.165, 1.54) is 0 Å². The number of benzene rings is 1. The third-order valence-corrected chi connectivity index (χ3v) is 1.90. The summed E-state index contributed by atoms with van der Waals surface area (Å²) in [4.78, 5) is 8.44. The number of aliphatic hydroxyl groups excluding tert-OH is 1. The molecule has 1 heterocycles. The van der Waals surface area contributed by atoms with E-state index < -0.39 is 6.10 Å². The number of aliphatic hydroxyl groups is 1. The third kappa shape index (κ3) is 1.51. The Bertz CT molecular complexity index is 426. The van der Waals surface area contributed by atoms with Crippen molar-refractivity contribution in [2.24, 2.45) is 0 Å². The van der Waals surface area contributed by atoms with E-state index in [4.69, 9.17) is 0 Å². The topological polar surface area (TPSA) is 46.0 Å². The molecule has 1 aromatic carbocycles. The van der Waals surface area contributed by atoms with Gasteiger partial charge in [0.2, 0.25) is 0 Å². The Kier molecular flexibility index (Phi) is 1.94. The van der Waals surface area contributed by atoms with Gasteiger partial charge in [-0.1, -0.05) is 12.1 Å². The zero-order chi connectivity index (χ0) is 9.26. The average molecular weight is 174 g/mol. The SMILES string of the molecule is C[C@@H](O)c1cnc2ccccc2n1. The fourth-order valence-electron chi connectivity index (χ4n) is 1.17. The molecule has 2 aromatic rings. The quantitative estimate of drug-likeness (QED) is 0.715. The molecule has 0 fully saturated rings. The second-order valence-corrected chi connectivity index (χ2v) is 2.96. The summed E-state index contributed by atoms with van der Waals surface area (Å²) in [7, 11) is 0. The van der Waals surface area contributed by atoms with Crippen molar-refractivity contribution in [2.75, 3.05) is 0 Å². The summed E-state index contributed by atoms with van der Waals surface area (Å²) >= 11 is 0. The highest BCUT2D eigenvalue weighted by Crippen LogP contribution is 2.12. The van der Waals surface area contributed by atoms with E-state index in [0.29, 0.717) is 5.69 Å². The zero-order valence-electron chi connectivity index (χ0n) is 7.31. The van der Waals surface area contributed by atoms with Gasteiger partial charge in [-0.15, -0.1) is 0 Å². The Labute approximate surface area is 76.1 Å². The van der Waals surface area contributed by atoms with Gasteiger partial charge in [-0.3, -0.25) is 4.98 Å². The van der Waals surface area contributed by atoms with Gasteiger partial charge in [0.1, 0.15) is 0 Å². The lowest BCUT2D eigenvalue weighted by Gasteiger charge is -2.03. The van der Waals surface area contributed by atoms with Crippen LogP contribution in [0, 0.1) is 0 Å². The van der Waals surface area contributed by atoms with Crippen LogP contribution in [0.3, 0.4) is 0 Å². The molecule has 0 saturated heterocycles. The Morgan fingerprint density at radius 2 is 1.92 bits per heavy atom. The van der Waals surface area contributed by atoms with Crippen LogP contribution in [0.25, 0.3) is 11.0 Å². The molecule has 66 valence electrons. The van der Waals surface area contributed by atoms with Crippen molar-refractivity contribution in [2.45, 2.75) is 13.0 Å². The van der Waals surface area contributed by atoms with Crippen LogP contribution in [0.5, 0.6) is 0 Å². The van der Waals surface area contributed by atoms with Crippen molar-refractivity contribution in [1.82, 2.24) is 9.97 Å². The molecule has 0 aliphatic carbocycles. The van der Waals surface area contributed by atoms with E-state index in [-0.39, 0.29) is 0 Å². The van der Waals surface area contributed by atoms with Crippen LogP contribution < -0.4 is 0 Å². The average Bonchev–Trinajstić information content (AvgIpc) is 2.17. The Morgan fingerprint density at radius 1 is 1.23 bits per heavy atom. The smallest absolute Gasteiger partial charge is 0.0947 e. The molecule has 3 heteroatoms. The first kappa shape index (κ1) is 8.13. The van der Waals surface area contributed by atoms with E-state index in [1.807, 2.05) is 24.3 Å². The van der Waals surface area contributed by atoms with Crippen LogP contribution in [-0.4, -0.2) is 15.1 Å².